The number of amides is 1. The number of fused-ring (bicyclic) bond motifs is 1. The molecule has 1 fully saturated rings. The van der Waals surface area contributed by atoms with Crippen molar-refractivity contribution in [3.05, 3.63) is 53.6 Å². The van der Waals surface area contributed by atoms with Crippen molar-refractivity contribution in [3.8, 4) is 0 Å². The maximum absolute atomic E-state index is 13.4. The Morgan fingerprint density at radius 3 is 2.73 bits per heavy atom. The summed E-state index contributed by atoms with van der Waals surface area (Å²) in [5.41, 5.74) is 2.11. The molecule has 1 saturated heterocycles. The van der Waals surface area contributed by atoms with Crippen molar-refractivity contribution in [3.63, 3.8) is 0 Å². The van der Waals surface area contributed by atoms with E-state index < -0.39 is 0 Å². The van der Waals surface area contributed by atoms with Crippen LogP contribution < -0.4 is 4.90 Å². The number of halogens is 1. The predicted octanol–water partition coefficient (Wildman–Crippen LogP) is 1.46. The van der Waals surface area contributed by atoms with E-state index in [1.54, 1.807) is 29.9 Å². The molecule has 2 aromatic heterocycles. The van der Waals surface area contributed by atoms with Crippen molar-refractivity contribution >= 4 is 17.4 Å². The molecule has 0 saturated carbocycles. The Hall–Kier alpha value is -3.03. The number of benzene rings is 1. The topological polar surface area (TPSA) is 66.6 Å². The van der Waals surface area contributed by atoms with Crippen LogP contribution in [0.15, 0.2) is 36.7 Å². The lowest BCUT2D eigenvalue weighted by molar-refractivity contribution is -0.130. The van der Waals surface area contributed by atoms with E-state index in [-0.39, 0.29) is 11.7 Å². The van der Waals surface area contributed by atoms with Gasteiger partial charge in [-0.3, -0.25) is 4.79 Å². The summed E-state index contributed by atoms with van der Waals surface area (Å²) in [4.78, 5) is 16.5. The molecule has 0 N–H and O–H groups in total. The van der Waals surface area contributed by atoms with Gasteiger partial charge in [0.25, 0.3) is 0 Å². The Morgan fingerprint density at radius 2 is 1.96 bits per heavy atom. The zero-order chi connectivity index (χ0) is 18.1. The Labute approximate surface area is 150 Å². The van der Waals surface area contributed by atoms with Gasteiger partial charge >= 0.3 is 0 Å². The predicted molar refractivity (Wildman–Crippen MR) is 94.4 cm³/mol. The second kappa shape index (κ2) is 6.70. The van der Waals surface area contributed by atoms with Crippen molar-refractivity contribution < 1.29 is 9.18 Å². The largest absolute Gasteiger partial charge is 0.352 e. The molecular formula is C18H19FN6O. The van der Waals surface area contributed by atoms with Crippen molar-refractivity contribution in [2.45, 2.75) is 13.3 Å². The van der Waals surface area contributed by atoms with Gasteiger partial charge in [0, 0.05) is 26.2 Å². The summed E-state index contributed by atoms with van der Waals surface area (Å²) in [6, 6.07) is 8.63. The summed E-state index contributed by atoms with van der Waals surface area (Å²) < 4.78 is 15.0. The van der Waals surface area contributed by atoms with E-state index in [2.05, 4.69) is 20.2 Å². The molecule has 0 aliphatic carbocycles. The van der Waals surface area contributed by atoms with E-state index in [0.717, 1.165) is 24.5 Å². The fourth-order valence-corrected chi connectivity index (χ4v) is 3.18. The second-order valence-electron chi connectivity index (χ2n) is 6.45. The molecular weight excluding hydrogens is 335 g/mol. The fraction of sp³-hybridized carbons (Fsp3) is 0.333. The number of piperazine rings is 1. The van der Waals surface area contributed by atoms with Crippen LogP contribution in [0.1, 0.15) is 11.1 Å². The summed E-state index contributed by atoms with van der Waals surface area (Å²) in [7, 11) is 0. The van der Waals surface area contributed by atoms with Gasteiger partial charge in [-0.25, -0.2) is 4.39 Å². The molecule has 1 aromatic carbocycles. The van der Waals surface area contributed by atoms with Crippen LogP contribution in [0.2, 0.25) is 0 Å². The number of hydrogen-bond acceptors (Lipinski definition) is 5. The van der Waals surface area contributed by atoms with Gasteiger partial charge < -0.3 is 9.80 Å². The third-order valence-corrected chi connectivity index (χ3v) is 4.68. The SMILES string of the molecule is Cc1cc(CC(=O)N2CCN(c3ccc4nncn4n3)CC2)ccc1F. The Balaban J connectivity index is 1.37. The lowest BCUT2D eigenvalue weighted by Gasteiger charge is -2.35. The molecule has 0 spiro atoms. The van der Waals surface area contributed by atoms with Crippen molar-refractivity contribution in [2.75, 3.05) is 31.1 Å². The van der Waals surface area contributed by atoms with Gasteiger partial charge in [0.15, 0.2) is 5.65 Å². The van der Waals surface area contributed by atoms with Crippen LogP contribution in [0.4, 0.5) is 10.2 Å². The molecule has 4 rings (SSSR count). The number of carbonyl (C=O) groups excluding carboxylic acids is 1. The molecule has 0 unspecified atom stereocenters. The molecule has 7 nitrogen and oxygen atoms in total. The standard InChI is InChI=1S/C18H19FN6O/c1-13-10-14(2-3-15(13)19)11-18(26)24-8-6-23(7-9-24)17-5-4-16-21-20-12-25(16)22-17/h2-5,10,12H,6-9,11H2,1H3. The molecule has 134 valence electrons. The minimum Gasteiger partial charge on any atom is -0.352 e. The van der Waals surface area contributed by atoms with Gasteiger partial charge in [-0.05, 0) is 36.2 Å². The van der Waals surface area contributed by atoms with E-state index in [0.29, 0.717) is 30.7 Å². The summed E-state index contributed by atoms with van der Waals surface area (Å²) in [6.45, 7) is 4.42. The van der Waals surface area contributed by atoms with Gasteiger partial charge in [0.2, 0.25) is 5.91 Å². The average Bonchev–Trinajstić information content (AvgIpc) is 3.12. The molecule has 3 heterocycles. The maximum atomic E-state index is 13.4. The highest BCUT2D eigenvalue weighted by Gasteiger charge is 2.22. The van der Waals surface area contributed by atoms with Crippen molar-refractivity contribution in [1.82, 2.24) is 24.7 Å². The maximum Gasteiger partial charge on any atom is 0.227 e. The van der Waals surface area contributed by atoms with Gasteiger partial charge in [-0.1, -0.05) is 12.1 Å². The first-order valence-corrected chi connectivity index (χ1v) is 8.55. The van der Waals surface area contributed by atoms with E-state index in [4.69, 9.17) is 0 Å². The third kappa shape index (κ3) is 3.22. The number of hydrogen-bond donors (Lipinski definition) is 0. The highest BCUT2D eigenvalue weighted by Crippen LogP contribution is 2.15. The van der Waals surface area contributed by atoms with Crippen molar-refractivity contribution in [2.24, 2.45) is 0 Å². The molecule has 0 bridgehead atoms. The van der Waals surface area contributed by atoms with Crippen LogP contribution in [0.5, 0.6) is 0 Å². The monoisotopic (exact) mass is 354 g/mol. The number of nitrogens with zero attached hydrogens (tertiary/aromatic N) is 6. The van der Waals surface area contributed by atoms with Crippen LogP contribution in [0.25, 0.3) is 5.65 Å². The van der Waals surface area contributed by atoms with Gasteiger partial charge in [-0.15, -0.1) is 15.3 Å². The first-order chi connectivity index (χ1) is 12.6. The summed E-state index contributed by atoms with van der Waals surface area (Å²) in [6.07, 6.45) is 1.87. The number of aryl methyl sites for hydroxylation is 1. The fourth-order valence-electron chi connectivity index (χ4n) is 3.18. The molecule has 26 heavy (non-hydrogen) atoms. The zero-order valence-electron chi connectivity index (χ0n) is 14.5. The average molecular weight is 354 g/mol. The number of rotatable bonds is 3. The van der Waals surface area contributed by atoms with E-state index >= 15 is 0 Å². The highest BCUT2D eigenvalue weighted by atomic mass is 19.1. The smallest absolute Gasteiger partial charge is 0.227 e. The molecule has 8 heteroatoms. The van der Waals surface area contributed by atoms with E-state index in [9.17, 15) is 9.18 Å². The van der Waals surface area contributed by atoms with Crippen molar-refractivity contribution in [1.29, 1.82) is 0 Å². The molecule has 1 aliphatic heterocycles. The summed E-state index contributed by atoms with van der Waals surface area (Å²) in [5.74, 6) is 0.670. The van der Waals surface area contributed by atoms with Crippen LogP contribution in [0, 0.1) is 12.7 Å². The van der Waals surface area contributed by atoms with Gasteiger partial charge in [0.05, 0.1) is 6.42 Å². The third-order valence-electron chi connectivity index (χ3n) is 4.68. The van der Waals surface area contributed by atoms with Gasteiger partial charge in [0.1, 0.15) is 18.0 Å². The Morgan fingerprint density at radius 1 is 1.15 bits per heavy atom. The number of aromatic nitrogens is 4. The summed E-state index contributed by atoms with van der Waals surface area (Å²) >= 11 is 0. The second-order valence-corrected chi connectivity index (χ2v) is 6.45. The quantitative estimate of drug-likeness (QED) is 0.712. The molecule has 1 amide bonds. The minimum atomic E-state index is -0.243. The molecule has 3 aromatic rings. The van der Waals surface area contributed by atoms with Crippen LogP contribution in [0.3, 0.4) is 0 Å². The number of carbonyl (C=O) groups is 1. The first-order valence-electron chi connectivity index (χ1n) is 8.55. The Kier molecular flexibility index (Phi) is 4.24. The molecule has 1 aliphatic rings. The molecule has 0 atom stereocenters. The highest BCUT2D eigenvalue weighted by molar-refractivity contribution is 5.79. The number of anilines is 1. The van der Waals surface area contributed by atoms with Gasteiger partial charge in [-0.2, -0.15) is 4.52 Å². The summed E-state index contributed by atoms with van der Waals surface area (Å²) in [5, 5.41) is 12.3. The zero-order valence-corrected chi connectivity index (χ0v) is 14.5. The molecule has 0 radical (unpaired) electrons. The normalized spacial score (nSPS) is 14.8. The van der Waals surface area contributed by atoms with E-state index in [1.165, 1.54) is 6.07 Å². The van der Waals surface area contributed by atoms with Crippen LogP contribution in [-0.2, 0) is 11.2 Å². The van der Waals surface area contributed by atoms with E-state index in [1.807, 2.05) is 17.0 Å². The lowest BCUT2D eigenvalue weighted by Crippen LogP contribution is -2.49. The van der Waals surface area contributed by atoms with Crippen LogP contribution >= 0.6 is 0 Å². The minimum absolute atomic E-state index is 0.0675. The lowest BCUT2D eigenvalue weighted by atomic mass is 10.1. The Bertz CT molecular complexity index is 948. The van der Waals surface area contributed by atoms with Crippen LogP contribution in [-0.4, -0.2) is 56.8 Å². The first kappa shape index (κ1) is 16.4.